The van der Waals surface area contributed by atoms with Crippen molar-refractivity contribution in [1.29, 1.82) is 0 Å². The first-order valence-electron chi connectivity index (χ1n) is 12.2. The van der Waals surface area contributed by atoms with E-state index in [9.17, 15) is 0 Å². The number of rotatable bonds is 11. The van der Waals surface area contributed by atoms with Crippen LogP contribution in [-0.2, 0) is 13.0 Å². The predicted molar refractivity (Wildman–Crippen MR) is 141 cm³/mol. The number of nitrogens with zero attached hydrogens (tertiary/aromatic N) is 5. The van der Waals surface area contributed by atoms with Gasteiger partial charge in [-0.2, -0.15) is 4.80 Å². The van der Waals surface area contributed by atoms with Crippen LogP contribution in [0.25, 0.3) is 11.4 Å². The molecule has 7 heteroatoms. The molecule has 0 bridgehead atoms. The SMILES string of the molecule is CCCCCCCCc1csc(C#Cc2cccc(-c3nnn(Cc4ccc(OC)cc4)n3)c2)n1. The molecule has 0 atom stereocenters. The Labute approximate surface area is 211 Å². The molecular formula is C28H31N5OS. The fourth-order valence-corrected chi connectivity index (χ4v) is 4.45. The number of thiazole rings is 1. The molecule has 2 aromatic heterocycles. The number of benzene rings is 2. The van der Waals surface area contributed by atoms with Gasteiger partial charge in [0.2, 0.25) is 5.82 Å². The van der Waals surface area contributed by atoms with Gasteiger partial charge in [0.05, 0.1) is 19.3 Å². The average molecular weight is 486 g/mol. The summed E-state index contributed by atoms with van der Waals surface area (Å²) < 4.78 is 5.21. The molecule has 0 saturated heterocycles. The minimum Gasteiger partial charge on any atom is -0.497 e. The summed E-state index contributed by atoms with van der Waals surface area (Å²) in [7, 11) is 1.66. The summed E-state index contributed by atoms with van der Waals surface area (Å²) in [6, 6.07) is 15.8. The first-order valence-corrected chi connectivity index (χ1v) is 13.1. The number of ether oxygens (including phenoxy) is 1. The zero-order chi connectivity index (χ0) is 24.3. The van der Waals surface area contributed by atoms with Crippen LogP contribution >= 0.6 is 11.3 Å². The molecule has 0 aliphatic carbocycles. The molecule has 6 nitrogen and oxygen atoms in total. The fraction of sp³-hybridized carbons (Fsp3) is 0.357. The van der Waals surface area contributed by atoms with Crippen LogP contribution in [0.4, 0.5) is 0 Å². The van der Waals surface area contributed by atoms with E-state index in [1.54, 1.807) is 23.2 Å². The third-order valence-electron chi connectivity index (χ3n) is 5.71. The van der Waals surface area contributed by atoms with E-state index in [0.717, 1.165) is 39.6 Å². The van der Waals surface area contributed by atoms with Crippen molar-refractivity contribution in [3.05, 3.63) is 75.7 Å². The van der Waals surface area contributed by atoms with Gasteiger partial charge in [-0.05, 0) is 53.8 Å². The van der Waals surface area contributed by atoms with Crippen LogP contribution in [0.1, 0.15) is 67.3 Å². The quantitative estimate of drug-likeness (QED) is 0.188. The highest BCUT2D eigenvalue weighted by Gasteiger charge is 2.07. The van der Waals surface area contributed by atoms with Gasteiger partial charge in [0.25, 0.3) is 0 Å². The van der Waals surface area contributed by atoms with E-state index in [4.69, 9.17) is 9.72 Å². The first-order chi connectivity index (χ1) is 17.2. The van der Waals surface area contributed by atoms with Gasteiger partial charge in [0.15, 0.2) is 5.01 Å². The van der Waals surface area contributed by atoms with Crippen LogP contribution in [0.2, 0.25) is 0 Å². The van der Waals surface area contributed by atoms with Crippen molar-refractivity contribution in [1.82, 2.24) is 25.2 Å². The Morgan fingerprint density at radius 2 is 1.80 bits per heavy atom. The van der Waals surface area contributed by atoms with Crippen molar-refractivity contribution < 1.29 is 4.74 Å². The highest BCUT2D eigenvalue weighted by Crippen LogP contribution is 2.17. The molecule has 0 radical (unpaired) electrons. The predicted octanol–water partition coefficient (Wildman–Crippen LogP) is 6.16. The van der Waals surface area contributed by atoms with Crippen molar-refractivity contribution in [3.8, 4) is 29.0 Å². The lowest BCUT2D eigenvalue weighted by molar-refractivity contribution is 0.414. The van der Waals surface area contributed by atoms with Crippen LogP contribution < -0.4 is 4.74 Å². The minimum atomic E-state index is 0.543. The molecule has 0 spiro atoms. The molecule has 4 aromatic rings. The molecule has 0 amide bonds. The van der Waals surface area contributed by atoms with E-state index in [1.165, 1.54) is 38.5 Å². The maximum atomic E-state index is 5.21. The molecule has 0 unspecified atom stereocenters. The lowest BCUT2D eigenvalue weighted by atomic mass is 10.1. The summed E-state index contributed by atoms with van der Waals surface area (Å²) in [6.07, 6.45) is 8.83. The lowest BCUT2D eigenvalue weighted by Crippen LogP contribution is -2.04. The Morgan fingerprint density at radius 3 is 2.63 bits per heavy atom. The van der Waals surface area contributed by atoms with Crippen LogP contribution in [0.5, 0.6) is 5.75 Å². The second-order valence-corrected chi connectivity index (χ2v) is 9.34. The van der Waals surface area contributed by atoms with Crippen molar-refractivity contribution in [2.75, 3.05) is 7.11 Å². The molecule has 0 N–H and O–H groups in total. The Balaban J connectivity index is 1.34. The number of hydrogen-bond acceptors (Lipinski definition) is 6. The van der Waals surface area contributed by atoms with Gasteiger partial charge in [0.1, 0.15) is 5.75 Å². The molecule has 4 rings (SSSR count). The zero-order valence-electron chi connectivity index (χ0n) is 20.4. The van der Waals surface area contributed by atoms with Crippen LogP contribution in [0, 0.1) is 11.8 Å². The van der Waals surface area contributed by atoms with Gasteiger partial charge in [-0.1, -0.05) is 69.2 Å². The largest absolute Gasteiger partial charge is 0.497 e. The van der Waals surface area contributed by atoms with E-state index in [0.29, 0.717) is 12.4 Å². The van der Waals surface area contributed by atoms with Crippen LogP contribution in [0.3, 0.4) is 0 Å². The van der Waals surface area contributed by atoms with Gasteiger partial charge >= 0.3 is 0 Å². The summed E-state index contributed by atoms with van der Waals surface area (Å²) in [4.78, 5) is 6.29. The molecule has 0 fully saturated rings. The van der Waals surface area contributed by atoms with E-state index in [-0.39, 0.29) is 0 Å². The van der Waals surface area contributed by atoms with Gasteiger partial charge in [-0.15, -0.1) is 21.5 Å². The fourth-order valence-electron chi connectivity index (χ4n) is 3.75. The smallest absolute Gasteiger partial charge is 0.204 e. The Kier molecular flexibility index (Phi) is 9.02. The van der Waals surface area contributed by atoms with Crippen molar-refractivity contribution in [2.45, 2.75) is 58.4 Å². The van der Waals surface area contributed by atoms with E-state index in [2.05, 4.69) is 39.6 Å². The summed E-state index contributed by atoms with van der Waals surface area (Å²) in [6.45, 7) is 2.79. The Hall–Kier alpha value is -3.50. The molecule has 0 aliphatic rings. The second kappa shape index (κ2) is 12.8. The molecule has 180 valence electrons. The molecule has 35 heavy (non-hydrogen) atoms. The van der Waals surface area contributed by atoms with E-state index < -0.39 is 0 Å². The maximum Gasteiger partial charge on any atom is 0.204 e. The number of tetrazole rings is 1. The summed E-state index contributed by atoms with van der Waals surface area (Å²) >= 11 is 1.62. The normalized spacial score (nSPS) is 10.7. The van der Waals surface area contributed by atoms with Gasteiger partial charge in [-0.25, -0.2) is 4.98 Å². The van der Waals surface area contributed by atoms with E-state index in [1.807, 2.05) is 48.5 Å². The number of aromatic nitrogens is 5. The third-order valence-corrected chi connectivity index (χ3v) is 6.52. The monoisotopic (exact) mass is 485 g/mol. The highest BCUT2D eigenvalue weighted by atomic mass is 32.1. The third kappa shape index (κ3) is 7.49. The van der Waals surface area contributed by atoms with Crippen LogP contribution in [0.15, 0.2) is 53.9 Å². The number of unbranched alkanes of at least 4 members (excludes halogenated alkanes) is 5. The van der Waals surface area contributed by atoms with Crippen molar-refractivity contribution in [2.24, 2.45) is 0 Å². The van der Waals surface area contributed by atoms with Crippen LogP contribution in [-0.4, -0.2) is 32.3 Å². The Bertz CT molecular complexity index is 1270. The maximum absolute atomic E-state index is 5.21. The molecule has 2 aromatic carbocycles. The topological polar surface area (TPSA) is 65.7 Å². The van der Waals surface area contributed by atoms with Gasteiger partial charge in [-0.3, -0.25) is 0 Å². The van der Waals surface area contributed by atoms with Gasteiger partial charge < -0.3 is 4.74 Å². The molecule has 2 heterocycles. The molecule has 0 saturated carbocycles. The highest BCUT2D eigenvalue weighted by molar-refractivity contribution is 7.10. The van der Waals surface area contributed by atoms with E-state index >= 15 is 0 Å². The average Bonchev–Trinajstić information content (AvgIpc) is 3.55. The summed E-state index contributed by atoms with van der Waals surface area (Å²) in [5.41, 5.74) is 4.03. The minimum absolute atomic E-state index is 0.543. The first kappa shape index (κ1) is 24.6. The molecular weight excluding hydrogens is 454 g/mol. The standard InChI is InChI=1S/C28H31N5OS/c1-3-4-5-6-7-8-12-25-21-35-27(29-25)18-15-22-10-9-11-24(19-22)28-30-32-33(31-28)20-23-13-16-26(34-2)17-14-23/h9-11,13-14,16-17,19,21H,3-8,12,20H2,1-2H3. The number of methoxy groups -OCH3 is 1. The summed E-state index contributed by atoms with van der Waals surface area (Å²) in [5.74, 6) is 7.85. The molecule has 0 aliphatic heterocycles. The number of aryl methyl sites for hydroxylation is 1. The number of hydrogen-bond donors (Lipinski definition) is 0. The van der Waals surface area contributed by atoms with Crippen molar-refractivity contribution in [3.63, 3.8) is 0 Å². The second-order valence-electron chi connectivity index (χ2n) is 8.48. The zero-order valence-corrected chi connectivity index (χ0v) is 21.2. The Morgan fingerprint density at radius 1 is 0.971 bits per heavy atom. The van der Waals surface area contributed by atoms with Crippen molar-refractivity contribution >= 4 is 11.3 Å². The summed E-state index contributed by atoms with van der Waals surface area (Å²) in [5, 5.41) is 16.0. The van der Waals surface area contributed by atoms with Gasteiger partial charge in [0, 0.05) is 16.5 Å². The lowest BCUT2D eigenvalue weighted by Gasteiger charge is -2.02.